The SMILES string of the molecule is CCOC(=O)c1c(C2CC2)nc2ccc(F)cc2c1-c1cc(OC)cs1. The van der Waals surface area contributed by atoms with Crippen LogP contribution in [0.15, 0.2) is 29.6 Å². The van der Waals surface area contributed by atoms with Crippen LogP contribution in [-0.4, -0.2) is 24.7 Å². The van der Waals surface area contributed by atoms with E-state index in [9.17, 15) is 9.18 Å². The number of thiophene rings is 1. The Morgan fingerprint density at radius 1 is 1.35 bits per heavy atom. The molecule has 0 unspecified atom stereocenters. The predicted octanol–water partition coefficient (Wildman–Crippen LogP) is 5.17. The summed E-state index contributed by atoms with van der Waals surface area (Å²) in [5.74, 6) is 0.187. The van der Waals surface area contributed by atoms with Crippen LogP contribution in [0, 0.1) is 5.82 Å². The summed E-state index contributed by atoms with van der Waals surface area (Å²) < 4.78 is 24.6. The summed E-state index contributed by atoms with van der Waals surface area (Å²) in [5, 5.41) is 2.48. The molecule has 4 rings (SSSR count). The topological polar surface area (TPSA) is 48.4 Å². The Hall–Kier alpha value is -2.47. The second kappa shape index (κ2) is 6.68. The number of nitrogens with zero attached hydrogens (tertiary/aromatic N) is 1. The highest BCUT2D eigenvalue weighted by Gasteiger charge is 2.34. The van der Waals surface area contributed by atoms with Gasteiger partial charge in [0.15, 0.2) is 0 Å². The second-order valence-electron chi connectivity index (χ2n) is 6.25. The molecule has 1 saturated carbocycles. The molecule has 6 heteroatoms. The summed E-state index contributed by atoms with van der Waals surface area (Å²) in [4.78, 5) is 18.4. The number of aromatic nitrogens is 1. The molecule has 0 spiro atoms. The number of benzene rings is 1. The van der Waals surface area contributed by atoms with Crippen LogP contribution in [0.4, 0.5) is 4.39 Å². The van der Waals surface area contributed by atoms with Crippen molar-refractivity contribution in [1.82, 2.24) is 4.98 Å². The molecule has 2 aromatic heterocycles. The molecule has 0 radical (unpaired) electrons. The first-order chi connectivity index (χ1) is 12.6. The van der Waals surface area contributed by atoms with Crippen molar-refractivity contribution in [2.24, 2.45) is 0 Å². The third-order valence-corrected chi connectivity index (χ3v) is 5.40. The number of esters is 1. The van der Waals surface area contributed by atoms with Crippen LogP contribution in [-0.2, 0) is 4.74 Å². The van der Waals surface area contributed by atoms with Crippen molar-refractivity contribution >= 4 is 28.2 Å². The minimum Gasteiger partial charge on any atom is -0.496 e. The molecule has 0 N–H and O–H groups in total. The van der Waals surface area contributed by atoms with Crippen LogP contribution in [0.2, 0.25) is 0 Å². The lowest BCUT2D eigenvalue weighted by atomic mass is 9.97. The highest BCUT2D eigenvalue weighted by molar-refractivity contribution is 7.14. The molecule has 1 aliphatic carbocycles. The average molecular weight is 371 g/mol. The van der Waals surface area contributed by atoms with E-state index in [4.69, 9.17) is 14.5 Å². The first kappa shape index (κ1) is 17.0. The Labute approximate surface area is 154 Å². The molecule has 1 aromatic carbocycles. The van der Waals surface area contributed by atoms with E-state index in [0.29, 0.717) is 27.8 Å². The molecule has 0 atom stereocenters. The fourth-order valence-corrected chi connectivity index (χ4v) is 4.05. The van der Waals surface area contributed by atoms with Gasteiger partial charge in [-0.1, -0.05) is 0 Å². The van der Waals surface area contributed by atoms with Crippen LogP contribution in [0.1, 0.15) is 41.7 Å². The normalized spacial score (nSPS) is 13.8. The number of ether oxygens (including phenoxy) is 2. The van der Waals surface area contributed by atoms with Crippen molar-refractivity contribution in [2.75, 3.05) is 13.7 Å². The van der Waals surface area contributed by atoms with E-state index in [2.05, 4.69) is 0 Å². The summed E-state index contributed by atoms with van der Waals surface area (Å²) in [6.45, 7) is 2.05. The molecule has 134 valence electrons. The summed E-state index contributed by atoms with van der Waals surface area (Å²) in [7, 11) is 1.60. The number of methoxy groups -OCH3 is 1. The first-order valence-electron chi connectivity index (χ1n) is 8.55. The van der Waals surface area contributed by atoms with E-state index in [-0.39, 0.29) is 18.3 Å². The lowest BCUT2D eigenvalue weighted by Crippen LogP contribution is -2.12. The van der Waals surface area contributed by atoms with Gasteiger partial charge in [-0.15, -0.1) is 11.3 Å². The fraction of sp³-hybridized carbons (Fsp3) is 0.300. The Balaban J connectivity index is 2.07. The maximum atomic E-state index is 14.0. The quantitative estimate of drug-likeness (QED) is 0.581. The Kier molecular flexibility index (Phi) is 4.36. The first-order valence-corrected chi connectivity index (χ1v) is 9.43. The number of rotatable bonds is 5. The smallest absolute Gasteiger partial charge is 0.340 e. The van der Waals surface area contributed by atoms with E-state index in [1.807, 2.05) is 11.4 Å². The van der Waals surface area contributed by atoms with Crippen LogP contribution in [0.5, 0.6) is 5.75 Å². The summed E-state index contributed by atoms with van der Waals surface area (Å²) in [6.07, 6.45) is 2.00. The average Bonchev–Trinajstić information content (AvgIpc) is 3.37. The van der Waals surface area contributed by atoms with Crippen molar-refractivity contribution in [3.63, 3.8) is 0 Å². The zero-order valence-corrected chi connectivity index (χ0v) is 15.4. The third kappa shape index (κ3) is 2.94. The Morgan fingerprint density at radius 2 is 2.15 bits per heavy atom. The van der Waals surface area contributed by atoms with Gasteiger partial charge >= 0.3 is 5.97 Å². The third-order valence-electron chi connectivity index (χ3n) is 4.48. The molecule has 0 bridgehead atoms. The fourth-order valence-electron chi connectivity index (χ4n) is 3.13. The molecule has 26 heavy (non-hydrogen) atoms. The van der Waals surface area contributed by atoms with E-state index in [0.717, 1.165) is 23.4 Å². The van der Waals surface area contributed by atoms with Crippen molar-refractivity contribution in [2.45, 2.75) is 25.7 Å². The van der Waals surface area contributed by atoms with Gasteiger partial charge in [-0.25, -0.2) is 9.18 Å². The van der Waals surface area contributed by atoms with Crippen molar-refractivity contribution in [3.8, 4) is 16.2 Å². The lowest BCUT2D eigenvalue weighted by Gasteiger charge is -2.15. The van der Waals surface area contributed by atoms with Crippen molar-refractivity contribution < 1.29 is 18.7 Å². The Morgan fingerprint density at radius 3 is 2.81 bits per heavy atom. The number of pyridine rings is 1. The van der Waals surface area contributed by atoms with Crippen molar-refractivity contribution in [3.05, 3.63) is 46.7 Å². The van der Waals surface area contributed by atoms with E-state index in [1.165, 1.54) is 23.5 Å². The summed E-state index contributed by atoms with van der Waals surface area (Å²) >= 11 is 1.46. The molecular weight excluding hydrogens is 353 g/mol. The minimum atomic E-state index is -0.407. The predicted molar refractivity (Wildman–Crippen MR) is 99.5 cm³/mol. The van der Waals surface area contributed by atoms with Gasteiger partial charge in [-0.05, 0) is 44.0 Å². The monoisotopic (exact) mass is 371 g/mol. The van der Waals surface area contributed by atoms with Gasteiger partial charge in [-0.2, -0.15) is 0 Å². The number of carbonyl (C=O) groups excluding carboxylic acids is 1. The second-order valence-corrected chi connectivity index (χ2v) is 7.17. The lowest BCUT2D eigenvalue weighted by molar-refractivity contribution is 0.0525. The van der Waals surface area contributed by atoms with Gasteiger partial charge in [0.05, 0.1) is 30.5 Å². The highest BCUT2D eigenvalue weighted by atomic mass is 32.1. The molecule has 3 aromatic rings. The number of halogens is 1. The van der Waals surface area contributed by atoms with Gasteiger partial charge < -0.3 is 9.47 Å². The zero-order valence-electron chi connectivity index (χ0n) is 14.5. The molecule has 2 heterocycles. The highest BCUT2D eigenvalue weighted by Crippen LogP contribution is 2.46. The number of hydrogen-bond donors (Lipinski definition) is 0. The van der Waals surface area contributed by atoms with Gasteiger partial charge in [0, 0.05) is 27.1 Å². The molecule has 1 fully saturated rings. The van der Waals surface area contributed by atoms with Gasteiger partial charge in [0.25, 0.3) is 0 Å². The van der Waals surface area contributed by atoms with Crippen molar-refractivity contribution in [1.29, 1.82) is 0 Å². The molecule has 1 aliphatic rings. The van der Waals surface area contributed by atoms with E-state index >= 15 is 0 Å². The maximum absolute atomic E-state index is 14.0. The van der Waals surface area contributed by atoms with Crippen LogP contribution < -0.4 is 4.74 Å². The molecule has 0 amide bonds. The number of carbonyl (C=O) groups is 1. The molecule has 0 saturated heterocycles. The van der Waals surface area contributed by atoms with E-state index < -0.39 is 5.97 Å². The number of fused-ring (bicyclic) bond motifs is 1. The maximum Gasteiger partial charge on any atom is 0.340 e. The molecule has 0 aliphatic heterocycles. The van der Waals surface area contributed by atoms with Crippen LogP contribution in [0.3, 0.4) is 0 Å². The van der Waals surface area contributed by atoms with Crippen LogP contribution >= 0.6 is 11.3 Å². The standard InChI is InChI=1S/C20H18FNO3S/c1-3-25-20(23)18-17(16-9-13(24-2)10-26-16)14-8-12(21)6-7-15(14)22-19(18)11-4-5-11/h6-11H,3-5H2,1-2H3. The van der Waals surface area contributed by atoms with E-state index in [1.54, 1.807) is 20.1 Å². The number of hydrogen-bond acceptors (Lipinski definition) is 5. The van der Waals surface area contributed by atoms with Gasteiger partial charge in [0.2, 0.25) is 0 Å². The summed E-state index contributed by atoms with van der Waals surface area (Å²) in [5.41, 5.74) is 2.58. The minimum absolute atomic E-state index is 0.254. The molecular formula is C20H18FNO3S. The van der Waals surface area contributed by atoms with Crippen LogP contribution in [0.25, 0.3) is 21.3 Å². The molecule has 4 nitrogen and oxygen atoms in total. The zero-order chi connectivity index (χ0) is 18.3. The summed E-state index contributed by atoms with van der Waals surface area (Å²) in [6, 6.07) is 6.36. The van der Waals surface area contributed by atoms with Gasteiger partial charge in [0.1, 0.15) is 11.6 Å². The largest absolute Gasteiger partial charge is 0.496 e. The van der Waals surface area contributed by atoms with Gasteiger partial charge in [-0.3, -0.25) is 4.98 Å². The Bertz CT molecular complexity index is 994.